The van der Waals surface area contributed by atoms with Crippen molar-refractivity contribution in [3.05, 3.63) is 40.5 Å². The second-order valence-corrected chi connectivity index (χ2v) is 30.3. The van der Waals surface area contributed by atoms with Gasteiger partial charge in [0.25, 0.3) is 5.54 Å². The van der Waals surface area contributed by atoms with E-state index in [1.54, 1.807) is 20.8 Å². The van der Waals surface area contributed by atoms with Gasteiger partial charge in [0.2, 0.25) is 16.6 Å². The number of nitrogens with zero attached hydrogens (tertiary/aromatic N) is 6. The van der Waals surface area contributed by atoms with Crippen molar-refractivity contribution in [2.75, 3.05) is 112 Å². The number of likely N-dealkylation sites (tertiary alicyclic amines) is 1. The van der Waals surface area contributed by atoms with Crippen molar-refractivity contribution in [1.82, 2.24) is 20.4 Å². The summed E-state index contributed by atoms with van der Waals surface area (Å²) < 4.78 is 5.66. The van der Waals surface area contributed by atoms with Gasteiger partial charge in [-0.15, -0.1) is 0 Å². The first-order valence-corrected chi connectivity index (χ1v) is 33.3. The number of hydrogen-bond acceptors (Lipinski definition) is 23. The Kier molecular flexibility index (Phi) is 39.4. The van der Waals surface area contributed by atoms with Crippen LogP contribution in [-0.4, -0.2) is 216 Å². The topological polar surface area (TPSA) is 438 Å². The monoisotopic (exact) mass is 1300 g/mol. The molecule has 2 fully saturated rings. The molecule has 0 aromatic heterocycles. The number of ether oxygens (including phenoxy) is 1. The van der Waals surface area contributed by atoms with Gasteiger partial charge in [-0.25, -0.2) is 0 Å². The fraction of sp³-hybridized carbons (Fsp3) is 1.00. The number of aliphatic hydroxyl groups is 6. The van der Waals surface area contributed by atoms with Gasteiger partial charge < -0.3 is 68.9 Å². The van der Waals surface area contributed by atoms with E-state index in [2.05, 4.69) is 55.1 Å². The molecule has 2 heterocycles. The van der Waals surface area contributed by atoms with Crippen molar-refractivity contribution in [1.29, 1.82) is 0 Å². The molecule has 0 aliphatic carbocycles. The van der Waals surface area contributed by atoms with Crippen LogP contribution in [0.3, 0.4) is 0 Å². The molecule has 8 atom stereocenters. The molecule has 0 spiro atoms. The standard InChI is InChI=1S/C17H33N3O5.C16H35N3O2.C15H31N3O6.C15H35N3O2/c1-5-16(19(22)23)8-7-11-18(13-16)12-15(3,4)9-10-17(6-2,14-21)20(24)25;1-5-15(17,11-20)8-7-14(3,4)9-19-10-16(18,6-2)12-21-13-19;1-5-14(11-19,17(21)22)8-7-13(3,4)9-16-10-15(6-2,12-20)18(23)24;1-5-14(16,11-19)8-7-13(3,4)9-18-10-15(17,6-2)12-20/h21H,5-14H2,1-4H3;20H,5-13,17-18H2,1-4H3;16,19-20H,5-12H2,1-4H3;18-20H,5-12,16-17H2,1-4H3. The second kappa shape index (κ2) is 39.8. The Morgan fingerprint density at radius 3 is 1.19 bits per heavy atom. The van der Waals surface area contributed by atoms with Gasteiger partial charge in [0, 0.05) is 115 Å². The highest BCUT2D eigenvalue weighted by Crippen LogP contribution is 2.36. The fourth-order valence-electron chi connectivity index (χ4n) is 11.1. The van der Waals surface area contributed by atoms with Gasteiger partial charge in [0.1, 0.15) is 19.8 Å². The van der Waals surface area contributed by atoms with Gasteiger partial charge >= 0.3 is 0 Å². The highest BCUT2D eigenvalue weighted by Gasteiger charge is 2.48. The predicted molar refractivity (Wildman–Crippen MR) is 357 cm³/mol. The van der Waals surface area contributed by atoms with Gasteiger partial charge in [0.05, 0.1) is 57.3 Å². The summed E-state index contributed by atoms with van der Waals surface area (Å²) in [5.74, 6) is 0. The first kappa shape index (κ1) is 89.1. The summed E-state index contributed by atoms with van der Waals surface area (Å²) in [4.78, 5) is 48.3. The summed E-state index contributed by atoms with van der Waals surface area (Å²) >= 11 is 0. The van der Waals surface area contributed by atoms with Crippen LogP contribution in [0.15, 0.2) is 0 Å². The molecular formula is C63H134N12O15. The quantitative estimate of drug-likeness (QED) is 0.0253. The van der Waals surface area contributed by atoms with E-state index in [1.807, 2.05) is 55.4 Å². The number of hydrogen-bond donors (Lipinski definition) is 12. The lowest BCUT2D eigenvalue weighted by molar-refractivity contribution is -0.576. The third-order valence-corrected chi connectivity index (χ3v) is 20.2. The summed E-state index contributed by atoms with van der Waals surface area (Å²) in [5, 5.41) is 108. The summed E-state index contributed by atoms with van der Waals surface area (Å²) in [5.41, 5.74) is 17.8. The first-order chi connectivity index (χ1) is 41.4. The number of aliphatic hydroxyl groups excluding tert-OH is 6. The van der Waals surface area contributed by atoms with Crippen LogP contribution in [-0.2, 0) is 4.74 Å². The van der Waals surface area contributed by atoms with E-state index < -0.39 is 68.4 Å². The Bertz CT molecular complexity index is 2030. The van der Waals surface area contributed by atoms with Gasteiger partial charge in [-0.3, -0.25) is 50.3 Å². The average molecular weight is 1300 g/mol. The van der Waals surface area contributed by atoms with Crippen molar-refractivity contribution in [2.45, 2.75) is 271 Å². The highest BCUT2D eigenvalue weighted by molar-refractivity contribution is 4.94. The summed E-state index contributed by atoms with van der Waals surface area (Å²) in [6, 6.07) is 0. The lowest BCUT2D eigenvalue weighted by Crippen LogP contribution is -2.59. The molecule has 0 aromatic rings. The maximum atomic E-state index is 11.5. The molecule has 2 aliphatic heterocycles. The van der Waals surface area contributed by atoms with Crippen LogP contribution in [0.1, 0.15) is 226 Å². The average Bonchev–Trinajstić information content (AvgIpc) is 2.81. The molecule has 0 radical (unpaired) electrons. The second-order valence-electron chi connectivity index (χ2n) is 30.3. The zero-order valence-corrected chi connectivity index (χ0v) is 59.1. The van der Waals surface area contributed by atoms with Crippen molar-refractivity contribution in [2.24, 2.45) is 44.6 Å². The van der Waals surface area contributed by atoms with E-state index in [0.717, 1.165) is 84.0 Å². The number of rotatable bonds is 42. The Hall–Kier alpha value is -3.00. The third-order valence-electron chi connectivity index (χ3n) is 20.2. The zero-order chi connectivity index (χ0) is 70.3. The number of nitrogens with one attached hydrogen (secondary N) is 2. The van der Waals surface area contributed by atoms with Crippen molar-refractivity contribution in [3.63, 3.8) is 0 Å². The molecule has 8 unspecified atom stereocenters. The molecule has 0 aromatic carbocycles. The Balaban J connectivity index is 0. The Labute approximate surface area is 541 Å². The largest absolute Gasteiger partial charge is 0.394 e. The minimum absolute atomic E-state index is 0.0107. The van der Waals surface area contributed by atoms with Crippen LogP contribution in [0.5, 0.6) is 0 Å². The SMILES string of the molecule is CCC(CO)(CCC(C)(C)CN1CCCC(CC)([N+](=O)[O-])C1)[N+](=O)[O-].CCC(CO)(CCC(C)(C)CNCC(CC)(CO)[N+](=O)[O-])[N+](=O)[O-].CCC(N)(CO)CCC(C)(C)CN1COCC(N)(CC)C1.CCC(N)(CO)CCC(C)(C)CNCC(N)(CC)CO. The normalized spacial score (nSPS) is 22.0. The lowest BCUT2D eigenvalue weighted by atomic mass is 9.79. The van der Waals surface area contributed by atoms with Crippen LogP contribution in [0.2, 0.25) is 0 Å². The first-order valence-electron chi connectivity index (χ1n) is 33.3. The molecule has 16 N–H and O–H groups in total. The predicted octanol–water partition coefficient (Wildman–Crippen LogP) is 5.82. The number of piperidine rings is 1. The number of nitrogens with two attached hydrogens (primary N) is 4. The maximum absolute atomic E-state index is 11.5. The molecule has 0 bridgehead atoms. The van der Waals surface area contributed by atoms with E-state index in [0.29, 0.717) is 71.6 Å². The number of nitro groups is 4. The summed E-state index contributed by atoms with van der Waals surface area (Å²) in [6.45, 7) is 37.3. The molecule has 536 valence electrons. The van der Waals surface area contributed by atoms with E-state index >= 15 is 0 Å². The van der Waals surface area contributed by atoms with Crippen molar-refractivity contribution < 1.29 is 55.1 Å². The lowest BCUT2D eigenvalue weighted by Gasteiger charge is -2.43. The van der Waals surface area contributed by atoms with Gasteiger partial charge in [-0.1, -0.05) is 111 Å². The maximum Gasteiger partial charge on any atom is 0.256 e. The van der Waals surface area contributed by atoms with E-state index in [4.69, 9.17) is 27.7 Å². The molecular weight excluding hydrogens is 1160 g/mol. The summed E-state index contributed by atoms with van der Waals surface area (Å²) in [7, 11) is 0. The van der Waals surface area contributed by atoms with Crippen molar-refractivity contribution >= 4 is 0 Å². The van der Waals surface area contributed by atoms with Gasteiger partial charge in [-0.05, 0) is 98.8 Å². The minimum atomic E-state index is -1.41. The van der Waals surface area contributed by atoms with Crippen LogP contribution < -0.4 is 33.6 Å². The van der Waals surface area contributed by atoms with E-state index in [1.165, 1.54) is 0 Å². The Morgan fingerprint density at radius 2 is 0.844 bits per heavy atom. The van der Waals surface area contributed by atoms with E-state index in [9.17, 15) is 71.1 Å². The molecule has 0 saturated carbocycles. The smallest absolute Gasteiger partial charge is 0.256 e. The molecule has 2 rings (SSSR count). The van der Waals surface area contributed by atoms with Gasteiger partial charge in [-0.2, -0.15) is 0 Å². The molecule has 90 heavy (non-hydrogen) atoms. The molecule has 0 amide bonds. The van der Waals surface area contributed by atoms with Crippen LogP contribution in [0.25, 0.3) is 0 Å². The molecule has 27 heteroatoms. The van der Waals surface area contributed by atoms with Crippen LogP contribution in [0, 0.1) is 62.1 Å². The summed E-state index contributed by atoms with van der Waals surface area (Å²) in [6.07, 6.45) is 11.1. The highest BCUT2D eigenvalue weighted by atomic mass is 16.6. The van der Waals surface area contributed by atoms with Gasteiger partial charge in [0.15, 0.2) is 0 Å². The zero-order valence-electron chi connectivity index (χ0n) is 59.1. The van der Waals surface area contributed by atoms with Crippen molar-refractivity contribution in [3.8, 4) is 0 Å². The fourth-order valence-corrected chi connectivity index (χ4v) is 11.1. The van der Waals surface area contributed by atoms with Crippen LogP contribution in [0.4, 0.5) is 0 Å². The minimum Gasteiger partial charge on any atom is -0.394 e. The third kappa shape index (κ3) is 30.2. The molecule has 2 saturated heterocycles. The van der Waals surface area contributed by atoms with Crippen LogP contribution >= 0.6 is 0 Å². The molecule has 27 nitrogen and oxygen atoms in total. The van der Waals surface area contributed by atoms with E-state index in [-0.39, 0.29) is 89.1 Å². The molecule has 2 aliphatic rings. The Morgan fingerprint density at radius 1 is 0.467 bits per heavy atom.